The van der Waals surface area contributed by atoms with Gasteiger partial charge in [-0.3, -0.25) is 19.5 Å². The van der Waals surface area contributed by atoms with E-state index in [4.69, 9.17) is 0 Å². The molecule has 126 valence electrons. The first-order valence-electron chi connectivity index (χ1n) is 8.01. The number of likely N-dealkylation sites (N-methyl/N-ethyl adjacent to an activating group) is 1. The van der Waals surface area contributed by atoms with E-state index in [1.807, 2.05) is 6.92 Å². The smallest absolute Gasteiger partial charge is 0.271 e. The van der Waals surface area contributed by atoms with Gasteiger partial charge in [0.25, 0.3) is 5.91 Å². The van der Waals surface area contributed by atoms with Crippen LogP contribution in [0.2, 0.25) is 0 Å². The van der Waals surface area contributed by atoms with Crippen LogP contribution in [0.4, 0.5) is 0 Å². The van der Waals surface area contributed by atoms with Crippen LogP contribution >= 0.6 is 0 Å². The Morgan fingerprint density at radius 3 is 2.78 bits per heavy atom. The molecule has 1 atom stereocenters. The molecule has 0 bridgehead atoms. The Morgan fingerprint density at radius 1 is 1.35 bits per heavy atom. The molecular formula is C16H25N5O2. The molecule has 1 fully saturated rings. The van der Waals surface area contributed by atoms with Gasteiger partial charge in [0.05, 0.1) is 17.9 Å². The molecule has 1 aliphatic rings. The summed E-state index contributed by atoms with van der Waals surface area (Å²) in [4.78, 5) is 36.0. The van der Waals surface area contributed by atoms with Gasteiger partial charge in [-0.15, -0.1) is 0 Å². The average molecular weight is 319 g/mol. The predicted molar refractivity (Wildman–Crippen MR) is 87.0 cm³/mol. The standard InChI is InChI=1S/C16H25N5O2/c1-12-10-19-13(11-18-12)15(22)17-7-5-9-21-8-4-6-14(21)16(23)20(2)3/h10-11,14H,4-9H2,1-3H3,(H,17,22)/t14-/m0/s1. The second-order valence-corrected chi connectivity index (χ2v) is 6.08. The van der Waals surface area contributed by atoms with E-state index in [9.17, 15) is 9.59 Å². The molecule has 23 heavy (non-hydrogen) atoms. The van der Waals surface area contributed by atoms with Crippen LogP contribution in [0.5, 0.6) is 0 Å². The number of amides is 2. The fourth-order valence-electron chi connectivity index (χ4n) is 2.76. The van der Waals surface area contributed by atoms with Crippen LogP contribution in [0.25, 0.3) is 0 Å². The number of rotatable bonds is 6. The lowest BCUT2D eigenvalue weighted by atomic mass is 10.2. The van der Waals surface area contributed by atoms with Gasteiger partial charge in [-0.05, 0) is 32.7 Å². The molecule has 1 aromatic rings. The summed E-state index contributed by atoms with van der Waals surface area (Å²) >= 11 is 0. The van der Waals surface area contributed by atoms with E-state index in [1.54, 1.807) is 25.2 Å². The van der Waals surface area contributed by atoms with Crippen molar-refractivity contribution in [1.29, 1.82) is 0 Å². The normalized spacial score (nSPS) is 18.0. The number of hydrogen-bond acceptors (Lipinski definition) is 5. The Hall–Kier alpha value is -2.02. The molecule has 7 heteroatoms. The lowest BCUT2D eigenvalue weighted by Crippen LogP contribution is -2.43. The van der Waals surface area contributed by atoms with Gasteiger partial charge in [0, 0.05) is 33.4 Å². The third kappa shape index (κ3) is 4.72. The maximum absolute atomic E-state index is 12.1. The summed E-state index contributed by atoms with van der Waals surface area (Å²) in [5.74, 6) is -0.0405. The summed E-state index contributed by atoms with van der Waals surface area (Å²) in [5.41, 5.74) is 1.12. The van der Waals surface area contributed by atoms with E-state index in [1.165, 1.54) is 6.20 Å². The topological polar surface area (TPSA) is 78.4 Å². The van der Waals surface area contributed by atoms with Crippen LogP contribution < -0.4 is 5.32 Å². The van der Waals surface area contributed by atoms with E-state index in [0.29, 0.717) is 12.2 Å². The van der Waals surface area contributed by atoms with Crippen LogP contribution in [-0.2, 0) is 4.79 Å². The highest BCUT2D eigenvalue weighted by Crippen LogP contribution is 2.18. The van der Waals surface area contributed by atoms with Crippen LogP contribution in [0.3, 0.4) is 0 Å². The lowest BCUT2D eigenvalue weighted by Gasteiger charge is -2.26. The molecule has 1 aliphatic heterocycles. The Bertz CT molecular complexity index is 544. The minimum atomic E-state index is -0.208. The third-order valence-corrected chi connectivity index (χ3v) is 4.01. The summed E-state index contributed by atoms with van der Waals surface area (Å²) in [6.07, 6.45) is 5.84. The van der Waals surface area contributed by atoms with Crippen molar-refractivity contribution < 1.29 is 9.59 Å². The summed E-state index contributed by atoms with van der Waals surface area (Å²) < 4.78 is 0. The van der Waals surface area contributed by atoms with Crippen molar-refractivity contribution in [1.82, 2.24) is 25.1 Å². The van der Waals surface area contributed by atoms with Gasteiger partial charge in [0.1, 0.15) is 5.69 Å². The molecule has 2 rings (SSSR count). The minimum Gasteiger partial charge on any atom is -0.351 e. The molecule has 1 aromatic heterocycles. The molecule has 2 amide bonds. The van der Waals surface area contributed by atoms with Crippen LogP contribution in [0, 0.1) is 6.92 Å². The van der Waals surface area contributed by atoms with E-state index < -0.39 is 0 Å². The molecule has 0 spiro atoms. The number of likely N-dealkylation sites (tertiary alicyclic amines) is 1. The number of carbonyl (C=O) groups excluding carboxylic acids is 2. The van der Waals surface area contributed by atoms with Crippen molar-refractivity contribution in [2.24, 2.45) is 0 Å². The Kier molecular flexibility index (Phi) is 6.04. The first-order chi connectivity index (χ1) is 11.0. The Balaban J connectivity index is 1.73. The van der Waals surface area contributed by atoms with Crippen molar-refractivity contribution in [2.75, 3.05) is 33.7 Å². The molecule has 0 unspecified atom stereocenters. The van der Waals surface area contributed by atoms with E-state index in [2.05, 4.69) is 20.2 Å². The zero-order chi connectivity index (χ0) is 16.8. The van der Waals surface area contributed by atoms with Gasteiger partial charge in [0.15, 0.2) is 0 Å². The highest BCUT2D eigenvalue weighted by Gasteiger charge is 2.30. The molecule has 1 N–H and O–H groups in total. The number of nitrogens with one attached hydrogen (secondary N) is 1. The lowest BCUT2D eigenvalue weighted by molar-refractivity contribution is -0.133. The van der Waals surface area contributed by atoms with Crippen molar-refractivity contribution in [2.45, 2.75) is 32.2 Å². The van der Waals surface area contributed by atoms with Gasteiger partial charge >= 0.3 is 0 Å². The number of hydrogen-bond donors (Lipinski definition) is 1. The predicted octanol–water partition coefficient (Wildman–Crippen LogP) is 0.458. The summed E-state index contributed by atoms with van der Waals surface area (Å²) in [5, 5.41) is 2.85. The Labute approximate surface area is 137 Å². The van der Waals surface area contributed by atoms with Crippen LogP contribution in [-0.4, -0.2) is 71.4 Å². The van der Waals surface area contributed by atoms with E-state index in [0.717, 1.165) is 38.0 Å². The molecule has 0 saturated carbocycles. The zero-order valence-electron chi connectivity index (χ0n) is 14.1. The largest absolute Gasteiger partial charge is 0.351 e. The number of carbonyl (C=O) groups is 2. The highest BCUT2D eigenvalue weighted by atomic mass is 16.2. The molecule has 2 heterocycles. The zero-order valence-corrected chi connectivity index (χ0v) is 14.1. The molecule has 0 aliphatic carbocycles. The summed E-state index contributed by atoms with van der Waals surface area (Å²) in [6.45, 7) is 4.15. The monoisotopic (exact) mass is 319 g/mol. The van der Waals surface area contributed by atoms with Crippen LogP contribution in [0.1, 0.15) is 35.4 Å². The number of aryl methyl sites for hydroxylation is 1. The fourth-order valence-corrected chi connectivity index (χ4v) is 2.76. The highest BCUT2D eigenvalue weighted by molar-refractivity contribution is 5.91. The average Bonchev–Trinajstić information content (AvgIpc) is 2.99. The van der Waals surface area contributed by atoms with Crippen molar-refractivity contribution >= 4 is 11.8 Å². The van der Waals surface area contributed by atoms with Gasteiger partial charge in [-0.1, -0.05) is 0 Å². The fraction of sp³-hybridized carbons (Fsp3) is 0.625. The molecule has 0 radical (unpaired) electrons. The van der Waals surface area contributed by atoms with E-state index >= 15 is 0 Å². The molecule has 1 saturated heterocycles. The quantitative estimate of drug-likeness (QED) is 0.771. The molecule has 7 nitrogen and oxygen atoms in total. The second kappa shape index (κ2) is 8.01. The van der Waals surface area contributed by atoms with Crippen molar-refractivity contribution in [3.8, 4) is 0 Å². The number of nitrogens with zero attached hydrogens (tertiary/aromatic N) is 4. The SMILES string of the molecule is Cc1cnc(C(=O)NCCCN2CCC[C@H]2C(=O)N(C)C)cn1. The van der Waals surface area contributed by atoms with Crippen molar-refractivity contribution in [3.63, 3.8) is 0 Å². The van der Waals surface area contributed by atoms with Crippen molar-refractivity contribution in [3.05, 3.63) is 23.8 Å². The Morgan fingerprint density at radius 2 is 2.13 bits per heavy atom. The van der Waals surface area contributed by atoms with Gasteiger partial charge < -0.3 is 10.2 Å². The van der Waals surface area contributed by atoms with Gasteiger partial charge in [-0.2, -0.15) is 0 Å². The maximum atomic E-state index is 12.1. The first-order valence-corrected chi connectivity index (χ1v) is 8.01. The second-order valence-electron chi connectivity index (χ2n) is 6.08. The number of aromatic nitrogens is 2. The van der Waals surface area contributed by atoms with Gasteiger partial charge in [0.2, 0.25) is 5.91 Å². The molecule has 0 aromatic carbocycles. The maximum Gasteiger partial charge on any atom is 0.271 e. The third-order valence-electron chi connectivity index (χ3n) is 4.01. The first kappa shape index (κ1) is 17.3. The van der Waals surface area contributed by atoms with Crippen LogP contribution in [0.15, 0.2) is 12.4 Å². The molecular weight excluding hydrogens is 294 g/mol. The van der Waals surface area contributed by atoms with E-state index in [-0.39, 0.29) is 17.9 Å². The summed E-state index contributed by atoms with van der Waals surface area (Å²) in [6, 6.07) is -0.0105. The summed E-state index contributed by atoms with van der Waals surface area (Å²) in [7, 11) is 3.59. The van der Waals surface area contributed by atoms with Gasteiger partial charge in [-0.25, -0.2) is 4.98 Å². The minimum absolute atomic E-state index is 0.0105.